The van der Waals surface area contributed by atoms with E-state index in [1.54, 1.807) is 0 Å². The predicted octanol–water partition coefficient (Wildman–Crippen LogP) is 8.29. The minimum Gasteiger partial charge on any atom is -0.748 e. The van der Waals surface area contributed by atoms with Crippen molar-refractivity contribution in [2.75, 3.05) is 37.7 Å². The van der Waals surface area contributed by atoms with Crippen molar-refractivity contribution in [1.82, 2.24) is 0 Å². The fourth-order valence-corrected chi connectivity index (χ4v) is 7.27. The van der Waals surface area contributed by atoms with Crippen LogP contribution in [0, 0.1) is 0 Å². The van der Waals surface area contributed by atoms with E-state index in [9.17, 15) is 25.9 Å². The van der Waals surface area contributed by atoms with Crippen LogP contribution in [0.2, 0.25) is 0 Å². The third kappa shape index (κ3) is 21.9. The standard InChI is InChI=1S/C34H66N2O6S2/c1-3-5-7-9-11-13-15-17-19-21-25-35(27-23-33-43(37,38)39)29-31-36(32-30-35,28-24-34-44(40,41)42)26-22-20-18-16-14-12-10-8-6-4-2/h29-32H,3-28,33-34H2,1-2H3. The van der Waals surface area contributed by atoms with Crippen molar-refractivity contribution in [2.45, 2.75) is 155 Å². The summed E-state index contributed by atoms with van der Waals surface area (Å²) in [6.45, 7) is 7.24. The van der Waals surface area contributed by atoms with Crippen molar-refractivity contribution in [2.24, 2.45) is 0 Å². The molecule has 1 aliphatic rings. The molecule has 0 spiro atoms. The lowest BCUT2D eigenvalue weighted by Gasteiger charge is -2.39. The number of hydrogen-bond donors (Lipinski definition) is 0. The second kappa shape index (κ2) is 23.5. The Kier molecular flexibility index (Phi) is 22.1. The van der Waals surface area contributed by atoms with E-state index < -0.39 is 20.2 Å². The van der Waals surface area contributed by atoms with Gasteiger partial charge in [-0.2, -0.15) is 0 Å². The number of rotatable bonds is 30. The summed E-state index contributed by atoms with van der Waals surface area (Å²) < 4.78 is 68.9. The molecule has 44 heavy (non-hydrogen) atoms. The Balaban J connectivity index is 2.73. The summed E-state index contributed by atoms with van der Waals surface area (Å²) >= 11 is 0. The summed E-state index contributed by atoms with van der Waals surface area (Å²) in [6, 6.07) is 0. The van der Waals surface area contributed by atoms with Crippen molar-refractivity contribution in [3.63, 3.8) is 0 Å². The minimum atomic E-state index is -4.27. The van der Waals surface area contributed by atoms with E-state index in [2.05, 4.69) is 38.6 Å². The van der Waals surface area contributed by atoms with Gasteiger partial charge in [0.25, 0.3) is 0 Å². The molecule has 0 radical (unpaired) electrons. The Morgan fingerprint density at radius 3 is 0.864 bits per heavy atom. The largest absolute Gasteiger partial charge is 0.748 e. The van der Waals surface area contributed by atoms with E-state index in [0.29, 0.717) is 34.9 Å². The van der Waals surface area contributed by atoms with E-state index in [1.807, 2.05) is 0 Å². The highest BCUT2D eigenvalue weighted by Gasteiger charge is 2.33. The molecule has 0 atom stereocenters. The Bertz CT molecular complexity index is 903. The van der Waals surface area contributed by atoms with Crippen LogP contribution in [0.25, 0.3) is 0 Å². The molecule has 0 fully saturated rings. The van der Waals surface area contributed by atoms with Crippen LogP contribution in [-0.2, 0) is 20.2 Å². The maximum absolute atomic E-state index is 11.3. The summed E-state index contributed by atoms with van der Waals surface area (Å²) in [5, 5.41) is 0. The number of nitrogens with zero attached hydrogens (tertiary/aromatic N) is 2. The van der Waals surface area contributed by atoms with Gasteiger partial charge in [-0.15, -0.1) is 0 Å². The molecule has 1 aliphatic heterocycles. The van der Waals surface area contributed by atoms with E-state index in [-0.39, 0.29) is 11.5 Å². The zero-order valence-corrected chi connectivity index (χ0v) is 29.9. The predicted molar refractivity (Wildman–Crippen MR) is 180 cm³/mol. The molecule has 1 rings (SSSR count). The quantitative estimate of drug-likeness (QED) is 0.0434. The maximum Gasteiger partial charge on any atom is 0.155 e. The third-order valence-corrected chi connectivity index (χ3v) is 10.7. The van der Waals surface area contributed by atoms with Crippen LogP contribution in [0.5, 0.6) is 0 Å². The highest BCUT2D eigenvalue weighted by Crippen LogP contribution is 2.26. The van der Waals surface area contributed by atoms with Gasteiger partial charge in [0.15, 0.2) is 24.8 Å². The van der Waals surface area contributed by atoms with Crippen molar-refractivity contribution in [1.29, 1.82) is 0 Å². The van der Waals surface area contributed by atoms with Gasteiger partial charge in [0, 0.05) is 24.3 Å². The summed E-state index contributed by atoms with van der Waals surface area (Å²) in [7, 11) is -8.54. The third-order valence-electron chi connectivity index (χ3n) is 9.11. The molecule has 0 N–H and O–H groups in total. The molecule has 0 saturated heterocycles. The number of unbranched alkanes of at least 4 members (excludes halogenated alkanes) is 18. The molecule has 0 amide bonds. The normalized spacial score (nSPS) is 20.5. The molecule has 260 valence electrons. The lowest BCUT2D eigenvalue weighted by Crippen LogP contribution is -2.48. The maximum atomic E-state index is 11.3. The Morgan fingerprint density at radius 1 is 0.386 bits per heavy atom. The van der Waals surface area contributed by atoms with Crippen LogP contribution in [0.4, 0.5) is 0 Å². The van der Waals surface area contributed by atoms with E-state index in [1.165, 1.54) is 103 Å². The van der Waals surface area contributed by atoms with Crippen molar-refractivity contribution < 1.29 is 34.9 Å². The zero-order chi connectivity index (χ0) is 32.6. The van der Waals surface area contributed by atoms with Crippen molar-refractivity contribution in [3.05, 3.63) is 24.8 Å². The zero-order valence-electron chi connectivity index (χ0n) is 28.3. The lowest BCUT2D eigenvalue weighted by atomic mass is 10.1. The van der Waals surface area contributed by atoms with E-state index in [0.717, 1.165) is 38.8 Å². The summed E-state index contributed by atoms with van der Waals surface area (Å²) in [5.74, 6) is -0.737. The Hall–Kier alpha value is -0.780. The minimum absolute atomic E-state index is 0.297. The van der Waals surface area contributed by atoms with Crippen molar-refractivity contribution in [3.8, 4) is 0 Å². The van der Waals surface area contributed by atoms with Gasteiger partial charge in [0.05, 0.1) is 46.4 Å². The molecular formula is C34H66N2O6S2. The fourth-order valence-electron chi connectivity index (χ4n) is 6.31. The molecule has 10 heteroatoms. The van der Waals surface area contributed by atoms with Gasteiger partial charge < -0.3 is 9.11 Å². The fraction of sp³-hybridized carbons (Fsp3) is 0.882. The second-order valence-electron chi connectivity index (χ2n) is 13.3. The monoisotopic (exact) mass is 662 g/mol. The van der Waals surface area contributed by atoms with Gasteiger partial charge >= 0.3 is 0 Å². The summed E-state index contributed by atoms with van der Waals surface area (Å²) in [4.78, 5) is 0. The molecular weight excluding hydrogens is 597 g/mol. The van der Waals surface area contributed by atoms with Gasteiger partial charge in [-0.25, -0.2) is 16.8 Å². The van der Waals surface area contributed by atoms with Crippen LogP contribution in [0.3, 0.4) is 0 Å². The van der Waals surface area contributed by atoms with E-state index in [4.69, 9.17) is 0 Å². The summed E-state index contributed by atoms with van der Waals surface area (Å²) in [6.07, 6.45) is 34.0. The van der Waals surface area contributed by atoms with Crippen LogP contribution in [0.15, 0.2) is 24.8 Å². The number of hydrogen-bond acceptors (Lipinski definition) is 6. The highest BCUT2D eigenvalue weighted by molar-refractivity contribution is 7.85. The van der Waals surface area contributed by atoms with Crippen LogP contribution in [0.1, 0.15) is 155 Å². The first kappa shape index (κ1) is 41.2. The topological polar surface area (TPSA) is 114 Å². The van der Waals surface area contributed by atoms with Crippen LogP contribution < -0.4 is 0 Å². The van der Waals surface area contributed by atoms with Gasteiger partial charge in [-0.1, -0.05) is 117 Å². The molecule has 0 aromatic heterocycles. The number of quaternary nitrogens is 2. The van der Waals surface area contributed by atoms with Gasteiger partial charge in [-0.3, -0.25) is 8.97 Å². The SMILES string of the molecule is CCCCCCCCCCCC[N+]1(CCCS(=O)(=O)[O-])C=C[N+](CCCCCCCCCCCC)(CCCS(=O)(=O)[O-])C=C1. The summed E-state index contributed by atoms with van der Waals surface area (Å²) in [5.41, 5.74) is 0. The Labute approximate surface area is 272 Å². The molecule has 0 aromatic rings. The van der Waals surface area contributed by atoms with E-state index >= 15 is 0 Å². The first-order valence-electron chi connectivity index (χ1n) is 18.0. The first-order chi connectivity index (χ1) is 20.9. The average molecular weight is 663 g/mol. The van der Waals surface area contributed by atoms with Crippen LogP contribution in [-0.4, -0.2) is 72.6 Å². The average Bonchev–Trinajstić information content (AvgIpc) is 2.95. The molecule has 8 nitrogen and oxygen atoms in total. The Morgan fingerprint density at radius 2 is 0.614 bits per heavy atom. The van der Waals surface area contributed by atoms with Crippen LogP contribution >= 0.6 is 0 Å². The smallest absolute Gasteiger partial charge is 0.155 e. The molecule has 0 aromatic carbocycles. The van der Waals surface area contributed by atoms with Gasteiger partial charge in [0.1, 0.15) is 0 Å². The highest BCUT2D eigenvalue weighted by atomic mass is 32.2. The molecule has 0 saturated carbocycles. The first-order valence-corrected chi connectivity index (χ1v) is 21.1. The second-order valence-corrected chi connectivity index (χ2v) is 16.3. The van der Waals surface area contributed by atoms with Crippen molar-refractivity contribution >= 4 is 20.2 Å². The molecule has 0 unspecified atom stereocenters. The lowest BCUT2D eigenvalue weighted by molar-refractivity contribution is -0.884. The van der Waals surface area contributed by atoms with Gasteiger partial charge in [0.2, 0.25) is 0 Å². The molecule has 1 heterocycles. The molecule has 0 bridgehead atoms. The van der Waals surface area contributed by atoms with Gasteiger partial charge in [-0.05, 0) is 25.7 Å². The molecule has 0 aliphatic carbocycles.